The van der Waals surface area contributed by atoms with Crippen LogP contribution >= 0.6 is 0 Å². The molecule has 0 unspecified atom stereocenters. The van der Waals surface area contributed by atoms with Gasteiger partial charge in [0.2, 0.25) is 0 Å². The fourth-order valence-corrected chi connectivity index (χ4v) is 0. The Hall–Kier alpha value is -0.0800. The molecule has 0 rings (SSSR count). The van der Waals surface area contributed by atoms with Crippen molar-refractivity contribution >= 4 is 0 Å². The van der Waals surface area contributed by atoms with Crippen LogP contribution in [0.15, 0.2) is 0 Å². The van der Waals surface area contributed by atoms with Crippen LogP contribution in [0.25, 0.3) is 0 Å². The van der Waals surface area contributed by atoms with Crippen molar-refractivity contribution in [2.45, 2.75) is 43.6 Å². The Bertz CT molecular complexity index is 15.8. The van der Waals surface area contributed by atoms with E-state index in [0.29, 0.717) is 0 Å². The Labute approximate surface area is 82.2 Å². The number of rotatable bonds is 2. The van der Waals surface area contributed by atoms with Crippen molar-refractivity contribution < 1.29 is 0 Å². The van der Waals surface area contributed by atoms with E-state index >= 15 is 0 Å². The number of nitrogens with one attached hydrogen (secondary N) is 2. The molecule has 0 saturated heterocycles. The van der Waals surface area contributed by atoms with Gasteiger partial charge in [0.05, 0.1) is 0 Å². The van der Waals surface area contributed by atoms with Gasteiger partial charge in [-0.05, 0) is 27.2 Å². The molecular formula is C10H34N2. The topological polar surface area (TPSA) is 24.1 Å². The molecule has 0 bridgehead atoms. The zero-order valence-electron chi connectivity index (χ0n) is 6.41. The molecule has 0 heterocycles. The van der Waals surface area contributed by atoms with Crippen LogP contribution in [0.3, 0.4) is 0 Å². The predicted octanol–water partition coefficient (Wildman–Crippen LogP) is 3.00. The molecule has 12 heavy (non-hydrogen) atoms. The van der Waals surface area contributed by atoms with Crippen molar-refractivity contribution in [2.24, 2.45) is 0 Å². The lowest BCUT2D eigenvalue weighted by atomic mass is 10.8. The Morgan fingerprint density at radius 1 is 0.667 bits per heavy atom. The third-order valence-electron chi connectivity index (χ3n) is 0.707. The van der Waals surface area contributed by atoms with E-state index in [1.54, 1.807) is 0 Å². The summed E-state index contributed by atoms with van der Waals surface area (Å²) in [7, 11) is 3.86. The maximum atomic E-state index is 2.93. The average Bonchev–Trinajstić information content (AvgIpc) is 1.88. The van der Waals surface area contributed by atoms with E-state index in [1.807, 2.05) is 14.1 Å². The Balaban J connectivity index is -0.0000000112. The summed E-state index contributed by atoms with van der Waals surface area (Å²) in [6.45, 7) is 6.28. The molecule has 0 aromatic heterocycles. The van der Waals surface area contributed by atoms with Crippen LogP contribution in [0, 0.1) is 0 Å². The Morgan fingerprint density at radius 3 is 0.750 bits per heavy atom. The number of hydrogen-bond donors (Lipinski definition) is 2. The SMILES string of the molecule is C.C.C.C.CCNC.CCNC. The average molecular weight is 182 g/mol. The number of hydrogen-bond acceptors (Lipinski definition) is 2. The normalized spacial score (nSPS) is 5.00. The molecule has 0 atom stereocenters. The van der Waals surface area contributed by atoms with Crippen molar-refractivity contribution in [3.63, 3.8) is 0 Å². The minimum atomic E-state index is 0. The van der Waals surface area contributed by atoms with E-state index in [1.165, 1.54) is 0 Å². The molecule has 0 saturated carbocycles. The van der Waals surface area contributed by atoms with Gasteiger partial charge >= 0.3 is 0 Å². The van der Waals surface area contributed by atoms with Crippen molar-refractivity contribution in [2.75, 3.05) is 27.2 Å². The van der Waals surface area contributed by atoms with Crippen LogP contribution in [0.5, 0.6) is 0 Å². The molecule has 2 nitrogen and oxygen atoms in total. The highest BCUT2D eigenvalue weighted by molar-refractivity contribution is 4.16. The summed E-state index contributed by atoms with van der Waals surface area (Å²) in [5.41, 5.74) is 0. The molecule has 0 aliphatic carbocycles. The maximum Gasteiger partial charge on any atom is -0.00804 e. The van der Waals surface area contributed by atoms with Crippen LogP contribution in [-0.4, -0.2) is 27.2 Å². The van der Waals surface area contributed by atoms with Gasteiger partial charge in [0.25, 0.3) is 0 Å². The molecule has 84 valence electrons. The molecule has 0 aliphatic heterocycles. The molecule has 0 spiro atoms. The standard InChI is InChI=1S/2C3H9N.4CH4/c2*1-3-4-2;;;;/h2*4H,3H2,1-2H3;4*1H4. The first-order valence-electron chi connectivity index (χ1n) is 3.12. The monoisotopic (exact) mass is 182 g/mol. The first-order valence-corrected chi connectivity index (χ1v) is 3.12. The molecule has 0 aromatic carbocycles. The third-order valence-corrected chi connectivity index (χ3v) is 0.707. The molecular weight excluding hydrogens is 148 g/mol. The minimum Gasteiger partial charge on any atom is -0.320 e. The quantitative estimate of drug-likeness (QED) is 0.686. The second kappa shape index (κ2) is 69.9. The molecule has 0 aromatic rings. The van der Waals surface area contributed by atoms with Gasteiger partial charge in [-0.3, -0.25) is 0 Å². The first kappa shape index (κ1) is 40.6. The summed E-state index contributed by atoms with van der Waals surface area (Å²) in [5, 5.41) is 5.86. The van der Waals surface area contributed by atoms with E-state index in [9.17, 15) is 0 Å². The van der Waals surface area contributed by atoms with E-state index < -0.39 is 0 Å². The van der Waals surface area contributed by atoms with Crippen LogP contribution in [0.4, 0.5) is 0 Å². The van der Waals surface area contributed by atoms with Crippen molar-refractivity contribution in [3.8, 4) is 0 Å². The van der Waals surface area contributed by atoms with Crippen LogP contribution in [0.2, 0.25) is 0 Å². The fraction of sp³-hybridized carbons (Fsp3) is 1.00. The lowest BCUT2D eigenvalue weighted by Gasteiger charge is -1.76. The second-order valence-corrected chi connectivity index (χ2v) is 1.41. The van der Waals surface area contributed by atoms with Gasteiger partial charge in [-0.15, -0.1) is 0 Å². The highest BCUT2D eigenvalue weighted by Gasteiger charge is 1.50. The van der Waals surface area contributed by atoms with Gasteiger partial charge in [-0.25, -0.2) is 0 Å². The van der Waals surface area contributed by atoms with E-state index in [4.69, 9.17) is 0 Å². The maximum absolute atomic E-state index is 2.93. The molecule has 0 aliphatic rings. The van der Waals surface area contributed by atoms with Crippen LogP contribution in [-0.2, 0) is 0 Å². The zero-order chi connectivity index (χ0) is 6.83. The Kier molecular flexibility index (Phi) is 236. The lowest BCUT2D eigenvalue weighted by Crippen LogP contribution is -2.01. The van der Waals surface area contributed by atoms with Crippen molar-refractivity contribution in [1.82, 2.24) is 10.6 Å². The van der Waals surface area contributed by atoms with E-state index in [2.05, 4.69) is 24.5 Å². The summed E-state index contributed by atoms with van der Waals surface area (Å²) in [4.78, 5) is 0. The predicted molar refractivity (Wildman–Crippen MR) is 66.1 cm³/mol. The molecule has 2 heteroatoms. The van der Waals surface area contributed by atoms with Gasteiger partial charge in [0.1, 0.15) is 0 Å². The second-order valence-electron chi connectivity index (χ2n) is 1.41. The lowest BCUT2D eigenvalue weighted by molar-refractivity contribution is 0.863. The summed E-state index contributed by atoms with van der Waals surface area (Å²) in [5.74, 6) is 0. The van der Waals surface area contributed by atoms with Crippen LogP contribution in [0.1, 0.15) is 43.6 Å². The summed E-state index contributed by atoms with van der Waals surface area (Å²) < 4.78 is 0. The van der Waals surface area contributed by atoms with Gasteiger partial charge in [-0.1, -0.05) is 43.6 Å². The van der Waals surface area contributed by atoms with Gasteiger partial charge in [0, 0.05) is 0 Å². The fourth-order valence-electron chi connectivity index (χ4n) is 0. The molecule has 0 radical (unpaired) electrons. The first-order chi connectivity index (χ1) is 3.83. The van der Waals surface area contributed by atoms with Gasteiger partial charge in [0.15, 0.2) is 0 Å². The van der Waals surface area contributed by atoms with Crippen molar-refractivity contribution in [1.29, 1.82) is 0 Å². The summed E-state index contributed by atoms with van der Waals surface area (Å²) in [6, 6.07) is 0. The molecule has 2 N–H and O–H groups in total. The van der Waals surface area contributed by atoms with E-state index in [-0.39, 0.29) is 29.7 Å². The molecule has 0 amide bonds. The summed E-state index contributed by atoms with van der Waals surface area (Å²) >= 11 is 0. The highest BCUT2D eigenvalue weighted by atomic mass is 14.8. The smallest absolute Gasteiger partial charge is 0.00804 e. The summed E-state index contributed by atoms with van der Waals surface area (Å²) in [6.07, 6.45) is 0. The van der Waals surface area contributed by atoms with Crippen LogP contribution < -0.4 is 10.6 Å². The zero-order valence-corrected chi connectivity index (χ0v) is 6.41. The van der Waals surface area contributed by atoms with Gasteiger partial charge < -0.3 is 10.6 Å². The minimum absolute atomic E-state index is 0. The third kappa shape index (κ3) is 214. The van der Waals surface area contributed by atoms with Crippen molar-refractivity contribution in [3.05, 3.63) is 0 Å². The van der Waals surface area contributed by atoms with Gasteiger partial charge in [-0.2, -0.15) is 0 Å². The largest absolute Gasteiger partial charge is 0.320 e. The highest BCUT2D eigenvalue weighted by Crippen LogP contribution is 1.35. The Morgan fingerprint density at radius 2 is 0.750 bits per heavy atom. The van der Waals surface area contributed by atoms with E-state index in [0.717, 1.165) is 13.1 Å². The molecule has 0 fully saturated rings.